The van der Waals surface area contributed by atoms with Gasteiger partial charge >= 0.3 is 5.97 Å². The lowest BCUT2D eigenvalue weighted by molar-refractivity contribution is -0.139. The maximum absolute atomic E-state index is 12.7. The Hall–Kier alpha value is -2.67. The number of para-hydroxylation sites is 1. The molecule has 0 aliphatic heterocycles. The van der Waals surface area contributed by atoms with Gasteiger partial charge in [-0.3, -0.25) is 9.59 Å². The molecule has 0 aromatic heterocycles. The number of ether oxygens (including phenoxy) is 3. The third-order valence-electron chi connectivity index (χ3n) is 3.89. The standard InChI is InChI=1S/C20H23NO5S/c1-13(20(23)26-4)27-17-11-6-5-9-15(17)19(22)21-12-14-8-7-10-16(24-2)18(14)25-3/h5-11,13H,12H2,1-4H3,(H,21,22). The van der Waals surface area contributed by atoms with E-state index < -0.39 is 5.25 Å². The van der Waals surface area contributed by atoms with Crippen molar-refractivity contribution in [1.29, 1.82) is 0 Å². The van der Waals surface area contributed by atoms with E-state index in [1.165, 1.54) is 18.9 Å². The molecule has 1 amide bonds. The highest BCUT2D eigenvalue weighted by molar-refractivity contribution is 8.00. The van der Waals surface area contributed by atoms with Crippen molar-refractivity contribution in [1.82, 2.24) is 5.32 Å². The second-order valence-electron chi connectivity index (χ2n) is 5.61. The zero-order valence-corrected chi connectivity index (χ0v) is 16.6. The highest BCUT2D eigenvalue weighted by Crippen LogP contribution is 2.31. The molecule has 7 heteroatoms. The van der Waals surface area contributed by atoms with Crippen molar-refractivity contribution < 1.29 is 23.8 Å². The van der Waals surface area contributed by atoms with E-state index in [4.69, 9.17) is 14.2 Å². The Balaban J connectivity index is 2.15. The van der Waals surface area contributed by atoms with Crippen LogP contribution < -0.4 is 14.8 Å². The maximum atomic E-state index is 12.7. The molecule has 0 radical (unpaired) electrons. The second-order valence-corrected chi connectivity index (χ2v) is 7.00. The summed E-state index contributed by atoms with van der Waals surface area (Å²) in [6.45, 7) is 2.02. The Labute approximate surface area is 163 Å². The van der Waals surface area contributed by atoms with Crippen molar-refractivity contribution >= 4 is 23.6 Å². The first-order valence-electron chi connectivity index (χ1n) is 8.33. The normalized spacial score (nSPS) is 11.4. The summed E-state index contributed by atoms with van der Waals surface area (Å²) in [7, 11) is 4.47. The molecule has 27 heavy (non-hydrogen) atoms. The van der Waals surface area contributed by atoms with Crippen molar-refractivity contribution in [2.45, 2.75) is 23.6 Å². The molecule has 0 aliphatic carbocycles. The molecule has 0 saturated carbocycles. The predicted octanol–water partition coefficient (Wildman–Crippen LogP) is 3.29. The summed E-state index contributed by atoms with van der Waals surface area (Å²) >= 11 is 1.29. The lowest BCUT2D eigenvalue weighted by atomic mass is 10.1. The van der Waals surface area contributed by atoms with Crippen LogP contribution >= 0.6 is 11.8 Å². The van der Waals surface area contributed by atoms with E-state index in [9.17, 15) is 9.59 Å². The van der Waals surface area contributed by atoms with Crippen molar-refractivity contribution in [2.75, 3.05) is 21.3 Å². The third-order valence-corrected chi connectivity index (χ3v) is 5.05. The van der Waals surface area contributed by atoms with E-state index in [0.29, 0.717) is 22.0 Å². The van der Waals surface area contributed by atoms with E-state index in [0.717, 1.165) is 5.56 Å². The SMILES string of the molecule is COC(=O)C(C)Sc1ccccc1C(=O)NCc1cccc(OC)c1OC. The van der Waals surface area contributed by atoms with Crippen LogP contribution in [0.4, 0.5) is 0 Å². The molecule has 144 valence electrons. The number of thioether (sulfide) groups is 1. The van der Waals surface area contributed by atoms with Gasteiger partial charge in [0.15, 0.2) is 11.5 Å². The van der Waals surface area contributed by atoms with Gasteiger partial charge in [-0.2, -0.15) is 0 Å². The van der Waals surface area contributed by atoms with Gasteiger partial charge in [-0.1, -0.05) is 24.3 Å². The third kappa shape index (κ3) is 5.17. The van der Waals surface area contributed by atoms with E-state index in [-0.39, 0.29) is 18.4 Å². The summed E-state index contributed by atoms with van der Waals surface area (Å²) in [5, 5.41) is 2.48. The van der Waals surface area contributed by atoms with Gasteiger partial charge in [0.1, 0.15) is 5.25 Å². The number of carbonyl (C=O) groups excluding carboxylic acids is 2. The zero-order valence-electron chi connectivity index (χ0n) is 15.8. The number of nitrogens with one attached hydrogen (secondary N) is 1. The molecule has 0 aliphatic rings. The Kier molecular flexibility index (Phi) is 7.55. The fraction of sp³-hybridized carbons (Fsp3) is 0.300. The predicted molar refractivity (Wildman–Crippen MR) is 104 cm³/mol. The average Bonchev–Trinajstić information content (AvgIpc) is 2.71. The van der Waals surface area contributed by atoms with Crippen LogP contribution in [0.25, 0.3) is 0 Å². The van der Waals surface area contributed by atoms with Crippen LogP contribution in [0.5, 0.6) is 11.5 Å². The molecular formula is C20H23NO5S. The molecule has 1 N–H and O–H groups in total. The Morgan fingerprint density at radius 2 is 1.78 bits per heavy atom. The fourth-order valence-electron chi connectivity index (χ4n) is 2.53. The van der Waals surface area contributed by atoms with Gasteiger partial charge in [0, 0.05) is 17.0 Å². The highest BCUT2D eigenvalue weighted by Gasteiger charge is 2.19. The number of esters is 1. The van der Waals surface area contributed by atoms with Crippen molar-refractivity contribution in [2.24, 2.45) is 0 Å². The number of rotatable bonds is 8. The van der Waals surface area contributed by atoms with Crippen LogP contribution in [0.3, 0.4) is 0 Å². The van der Waals surface area contributed by atoms with Gasteiger partial charge in [0.25, 0.3) is 5.91 Å². The van der Waals surface area contributed by atoms with E-state index in [2.05, 4.69) is 5.32 Å². The maximum Gasteiger partial charge on any atom is 0.318 e. The monoisotopic (exact) mass is 389 g/mol. The van der Waals surface area contributed by atoms with Crippen LogP contribution in [0.1, 0.15) is 22.8 Å². The summed E-state index contributed by atoms with van der Waals surface area (Å²) in [6, 6.07) is 12.6. The van der Waals surface area contributed by atoms with E-state index in [1.54, 1.807) is 39.3 Å². The molecule has 6 nitrogen and oxygen atoms in total. The summed E-state index contributed by atoms with van der Waals surface area (Å²) in [5.74, 6) is 0.616. The number of methoxy groups -OCH3 is 3. The molecule has 2 rings (SSSR count). The smallest absolute Gasteiger partial charge is 0.318 e. The Bertz CT molecular complexity index is 809. The van der Waals surface area contributed by atoms with Gasteiger partial charge < -0.3 is 19.5 Å². The molecule has 0 bridgehead atoms. The lowest BCUT2D eigenvalue weighted by Crippen LogP contribution is -2.24. The molecule has 0 saturated heterocycles. The molecule has 2 aromatic rings. The topological polar surface area (TPSA) is 73.9 Å². The summed E-state index contributed by atoms with van der Waals surface area (Å²) < 4.78 is 15.4. The average molecular weight is 389 g/mol. The molecule has 2 aromatic carbocycles. The number of hydrogen-bond donors (Lipinski definition) is 1. The quantitative estimate of drug-likeness (QED) is 0.552. The number of carbonyl (C=O) groups is 2. The van der Waals surface area contributed by atoms with Crippen molar-refractivity contribution in [3.05, 3.63) is 53.6 Å². The van der Waals surface area contributed by atoms with Crippen LogP contribution in [-0.2, 0) is 16.1 Å². The number of amides is 1. The number of benzene rings is 2. The van der Waals surface area contributed by atoms with Gasteiger partial charge in [0.2, 0.25) is 0 Å². The summed E-state index contributed by atoms with van der Waals surface area (Å²) in [5.41, 5.74) is 1.30. The molecule has 0 fully saturated rings. The molecule has 0 heterocycles. The van der Waals surface area contributed by atoms with E-state index in [1.807, 2.05) is 24.3 Å². The second kappa shape index (κ2) is 9.87. The lowest BCUT2D eigenvalue weighted by Gasteiger charge is -2.15. The molecular weight excluding hydrogens is 366 g/mol. The van der Waals surface area contributed by atoms with Crippen molar-refractivity contribution in [3.63, 3.8) is 0 Å². The van der Waals surface area contributed by atoms with Crippen LogP contribution in [0.2, 0.25) is 0 Å². The van der Waals surface area contributed by atoms with Gasteiger partial charge in [-0.25, -0.2) is 0 Å². The fourth-order valence-corrected chi connectivity index (χ4v) is 3.54. The van der Waals surface area contributed by atoms with Crippen LogP contribution in [0.15, 0.2) is 47.4 Å². The Morgan fingerprint density at radius 1 is 1.04 bits per heavy atom. The minimum atomic E-state index is -0.414. The summed E-state index contributed by atoms with van der Waals surface area (Å²) in [6.07, 6.45) is 0. The minimum absolute atomic E-state index is 0.236. The van der Waals surface area contributed by atoms with Crippen molar-refractivity contribution in [3.8, 4) is 11.5 Å². The molecule has 1 atom stereocenters. The van der Waals surface area contributed by atoms with Crippen LogP contribution in [0, 0.1) is 0 Å². The highest BCUT2D eigenvalue weighted by atomic mass is 32.2. The minimum Gasteiger partial charge on any atom is -0.493 e. The largest absolute Gasteiger partial charge is 0.493 e. The van der Waals surface area contributed by atoms with E-state index >= 15 is 0 Å². The Morgan fingerprint density at radius 3 is 2.44 bits per heavy atom. The first kappa shape index (κ1) is 20.6. The summed E-state index contributed by atoms with van der Waals surface area (Å²) in [4.78, 5) is 25.1. The molecule has 1 unspecified atom stereocenters. The first-order chi connectivity index (χ1) is 13.0. The first-order valence-corrected chi connectivity index (χ1v) is 9.21. The van der Waals surface area contributed by atoms with Crippen LogP contribution in [-0.4, -0.2) is 38.5 Å². The number of hydrogen-bond acceptors (Lipinski definition) is 6. The zero-order chi connectivity index (χ0) is 19.8. The van der Waals surface area contributed by atoms with Gasteiger partial charge in [-0.15, -0.1) is 11.8 Å². The molecule has 0 spiro atoms. The van der Waals surface area contributed by atoms with Gasteiger partial charge in [0.05, 0.1) is 26.9 Å². The van der Waals surface area contributed by atoms with Gasteiger partial charge in [-0.05, 0) is 25.1 Å².